The fourth-order valence-corrected chi connectivity index (χ4v) is 2.54. The average Bonchev–Trinajstić information content (AvgIpc) is 2.90. The second-order valence-electron chi connectivity index (χ2n) is 5.00. The number of aromatic amines is 1. The predicted octanol–water partition coefficient (Wildman–Crippen LogP) is 2.57. The molecule has 8 heteroatoms. The zero-order valence-electron chi connectivity index (χ0n) is 10.9. The van der Waals surface area contributed by atoms with Crippen molar-refractivity contribution < 1.29 is 13.7 Å². The molecule has 0 spiro atoms. The third-order valence-corrected chi connectivity index (χ3v) is 3.61. The van der Waals surface area contributed by atoms with Crippen molar-refractivity contribution in [2.75, 3.05) is 5.32 Å². The summed E-state index contributed by atoms with van der Waals surface area (Å²) in [6.45, 7) is 0. The molecule has 3 rings (SSSR count). The SMILES string of the molecule is O=[N+]([O-])c1cc(F)c(NC2CCc3cn[nH]c3C2)c(F)c1. The molecule has 21 heavy (non-hydrogen) atoms. The standard InChI is InChI=1S/C13H12F2N4O2/c14-10-4-9(19(20)21)5-11(15)13(10)17-8-2-1-7-6-16-18-12(7)3-8/h4-6,8,17H,1-3H2,(H,16,18). The Hall–Kier alpha value is -2.51. The lowest BCUT2D eigenvalue weighted by molar-refractivity contribution is -0.385. The Kier molecular flexibility index (Phi) is 3.28. The van der Waals surface area contributed by atoms with Gasteiger partial charge in [-0.3, -0.25) is 15.2 Å². The summed E-state index contributed by atoms with van der Waals surface area (Å²) in [6.07, 6.45) is 3.80. The molecule has 2 aromatic rings. The van der Waals surface area contributed by atoms with E-state index >= 15 is 0 Å². The first-order valence-corrected chi connectivity index (χ1v) is 6.45. The minimum absolute atomic E-state index is 0.150. The molecule has 0 saturated carbocycles. The van der Waals surface area contributed by atoms with E-state index in [1.54, 1.807) is 6.20 Å². The van der Waals surface area contributed by atoms with Crippen molar-refractivity contribution in [1.82, 2.24) is 10.2 Å². The number of aryl methyl sites for hydroxylation is 1. The number of aromatic nitrogens is 2. The Morgan fingerprint density at radius 2 is 2.10 bits per heavy atom. The second kappa shape index (κ2) is 5.12. The Labute approximate surface area is 118 Å². The van der Waals surface area contributed by atoms with Gasteiger partial charge in [0.25, 0.3) is 5.69 Å². The Bertz CT molecular complexity index is 678. The number of nitrogens with one attached hydrogen (secondary N) is 2. The number of nitrogens with zero attached hydrogens (tertiary/aromatic N) is 2. The molecule has 0 saturated heterocycles. The highest BCUT2D eigenvalue weighted by Crippen LogP contribution is 2.28. The lowest BCUT2D eigenvalue weighted by atomic mass is 9.93. The van der Waals surface area contributed by atoms with E-state index < -0.39 is 22.2 Å². The van der Waals surface area contributed by atoms with Gasteiger partial charge in [0.15, 0.2) is 11.6 Å². The van der Waals surface area contributed by atoms with Crippen molar-refractivity contribution in [3.8, 4) is 0 Å². The molecule has 0 bridgehead atoms. The van der Waals surface area contributed by atoms with Crippen LogP contribution in [0.4, 0.5) is 20.2 Å². The molecule has 1 atom stereocenters. The van der Waals surface area contributed by atoms with Gasteiger partial charge < -0.3 is 5.32 Å². The zero-order chi connectivity index (χ0) is 15.0. The number of halogens is 2. The van der Waals surface area contributed by atoms with Crippen LogP contribution in [-0.4, -0.2) is 21.2 Å². The van der Waals surface area contributed by atoms with Crippen LogP contribution < -0.4 is 5.32 Å². The molecule has 6 nitrogen and oxygen atoms in total. The first-order chi connectivity index (χ1) is 10.0. The molecule has 0 fully saturated rings. The summed E-state index contributed by atoms with van der Waals surface area (Å²) in [7, 11) is 0. The summed E-state index contributed by atoms with van der Waals surface area (Å²) < 4.78 is 27.7. The number of nitro benzene ring substituents is 1. The number of rotatable bonds is 3. The molecule has 0 radical (unpaired) electrons. The summed E-state index contributed by atoms with van der Waals surface area (Å²) >= 11 is 0. The molecule has 1 aromatic carbocycles. The monoisotopic (exact) mass is 294 g/mol. The molecule has 1 aromatic heterocycles. The predicted molar refractivity (Wildman–Crippen MR) is 71.0 cm³/mol. The van der Waals surface area contributed by atoms with Gasteiger partial charge in [-0.25, -0.2) is 8.78 Å². The molecule has 1 heterocycles. The van der Waals surface area contributed by atoms with Gasteiger partial charge in [0.1, 0.15) is 5.69 Å². The zero-order valence-corrected chi connectivity index (χ0v) is 10.9. The highest BCUT2D eigenvalue weighted by atomic mass is 19.1. The number of H-pyrrole nitrogens is 1. The van der Waals surface area contributed by atoms with Crippen molar-refractivity contribution in [2.45, 2.75) is 25.3 Å². The summed E-state index contributed by atoms with van der Waals surface area (Å²) in [6, 6.07) is 1.29. The molecule has 1 aliphatic rings. The molecule has 0 aliphatic heterocycles. The van der Waals surface area contributed by atoms with E-state index in [1.165, 1.54) is 0 Å². The second-order valence-corrected chi connectivity index (χ2v) is 5.00. The van der Waals surface area contributed by atoms with Gasteiger partial charge >= 0.3 is 0 Å². The van der Waals surface area contributed by atoms with Crippen LogP contribution >= 0.6 is 0 Å². The van der Waals surface area contributed by atoms with E-state index in [9.17, 15) is 18.9 Å². The van der Waals surface area contributed by atoms with Gasteiger partial charge in [-0.15, -0.1) is 0 Å². The van der Waals surface area contributed by atoms with Crippen molar-refractivity contribution in [3.63, 3.8) is 0 Å². The topological polar surface area (TPSA) is 83.8 Å². The summed E-state index contributed by atoms with van der Waals surface area (Å²) in [5.74, 6) is -1.92. The Balaban J connectivity index is 1.81. The number of non-ortho nitro benzene ring substituents is 1. The van der Waals surface area contributed by atoms with Crippen LogP contribution in [0.25, 0.3) is 0 Å². The van der Waals surface area contributed by atoms with Crippen molar-refractivity contribution in [2.24, 2.45) is 0 Å². The summed E-state index contributed by atoms with van der Waals surface area (Å²) in [5, 5.41) is 20.1. The van der Waals surface area contributed by atoms with Crippen LogP contribution in [0, 0.1) is 21.7 Å². The number of nitro groups is 1. The summed E-state index contributed by atoms with van der Waals surface area (Å²) in [5.41, 5.74) is 1.13. The Morgan fingerprint density at radius 1 is 1.38 bits per heavy atom. The van der Waals surface area contributed by atoms with E-state index in [2.05, 4.69) is 15.5 Å². The lowest BCUT2D eigenvalue weighted by Gasteiger charge is -2.24. The van der Waals surface area contributed by atoms with Gasteiger partial charge in [0.2, 0.25) is 0 Å². The average molecular weight is 294 g/mol. The number of benzene rings is 1. The first-order valence-electron chi connectivity index (χ1n) is 6.45. The van der Waals surface area contributed by atoms with Crippen molar-refractivity contribution in [3.05, 3.63) is 51.3 Å². The lowest BCUT2D eigenvalue weighted by Crippen LogP contribution is -2.28. The minimum atomic E-state index is -0.961. The van der Waals surface area contributed by atoms with Gasteiger partial charge in [-0.2, -0.15) is 5.10 Å². The van der Waals surface area contributed by atoms with Crippen LogP contribution in [0.15, 0.2) is 18.3 Å². The fourth-order valence-electron chi connectivity index (χ4n) is 2.54. The number of hydrogen-bond acceptors (Lipinski definition) is 4. The fraction of sp³-hybridized carbons (Fsp3) is 0.308. The van der Waals surface area contributed by atoms with E-state index in [0.717, 1.165) is 29.8 Å². The van der Waals surface area contributed by atoms with E-state index in [-0.39, 0.29) is 11.7 Å². The maximum absolute atomic E-state index is 13.8. The molecule has 110 valence electrons. The highest BCUT2D eigenvalue weighted by molar-refractivity contribution is 5.52. The molecular weight excluding hydrogens is 282 g/mol. The Morgan fingerprint density at radius 3 is 2.76 bits per heavy atom. The number of anilines is 1. The van der Waals surface area contributed by atoms with E-state index in [1.807, 2.05) is 0 Å². The van der Waals surface area contributed by atoms with E-state index in [0.29, 0.717) is 12.8 Å². The maximum Gasteiger partial charge on any atom is 0.275 e. The van der Waals surface area contributed by atoms with Crippen LogP contribution in [0.3, 0.4) is 0 Å². The van der Waals surface area contributed by atoms with Crippen LogP contribution in [0.2, 0.25) is 0 Å². The molecule has 1 aliphatic carbocycles. The van der Waals surface area contributed by atoms with Crippen molar-refractivity contribution >= 4 is 11.4 Å². The number of hydrogen-bond donors (Lipinski definition) is 2. The molecule has 0 amide bonds. The first kappa shape index (κ1) is 13.5. The molecule has 1 unspecified atom stereocenters. The minimum Gasteiger partial charge on any atom is -0.377 e. The quantitative estimate of drug-likeness (QED) is 0.673. The summed E-state index contributed by atoms with van der Waals surface area (Å²) in [4.78, 5) is 9.73. The highest BCUT2D eigenvalue weighted by Gasteiger charge is 2.23. The molecule has 2 N–H and O–H groups in total. The van der Waals surface area contributed by atoms with E-state index in [4.69, 9.17) is 0 Å². The van der Waals surface area contributed by atoms with Gasteiger partial charge in [-0.05, 0) is 18.4 Å². The van der Waals surface area contributed by atoms with Gasteiger partial charge in [-0.1, -0.05) is 0 Å². The molecular formula is C13H12F2N4O2. The third-order valence-electron chi connectivity index (χ3n) is 3.61. The number of fused-ring (bicyclic) bond motifs is 1. The largest absolute Gasteiger partial charge is 0.377 e. The van der Waals surface area contributed by atoms with Crippen molar-refractivity contribution in [1.29, 1.82) is 0 Å². The smallest absolute Gasteiger partial charge is 0.275 e. The van der Waals surface area contributed by atoms with Crippen LogP contribution in [-0.2, 0) is 12.8 Å². The normalized spacial score (nSPS) is 17.3. The van der Waals surface area contributed by atoms with Crippen LogP contribution in [0.1, 0.15) is 17.7 Å². The third kappa shape index (κ3) is 2.56. The van der Waals surface area contributed by atoms with Crippen LogP contribution in [0.5, 0.6) is 0 Å². The van der Waals surface area contributed by atoms with Gasteiger partial charge in [0.05, 0.1) is 23.3 Å². The van der Waals surface area contributed by atoms with Gasteiger partial charge in [0, 0.05) is 18.2 Å². The maximum atomic E-state index is 13.8.